The van der Waals surface area contributed by atoms with E-state index >= 15 is 0 Å². The van der Waals surface area contributed by atoms with Crippen molar-refractivity contribution in [1.29, 1.82) is 0 Å². The molecule has 0 aliphatic rings. The molecule has 0 bridgehead atoms. The summed E-state index contributed by atoms with van der Waals surface area (Å²) in [6, 6.07) is 8.79. The monoisotopic (exact) mass is 266 g/mol. The van der Waals surface area contributed by atoms with Gasteiger partial charge < -0.3 is 19.7 Å². The van der Waals surface area contributed by atoms with E-state index in [1.807, 2.05) is 7.05 Å². The molecule has 1 N–H and O–H groups in total. The third-order valence-corrected chi connectivity index (χ3v) is 3.14. The Kier molecular flexibility index (Phi) is 7.48. The third kappa shape index (κ3) is 4.82. The molecule has 0 aromatic heterocycles. The molecule has 108 valence electrons. The number of anilines is 1. The lowest BCUT2D eigenvalue weighted by Gasteiger charge is -2.32. The fourth-order valence-corrected chi connectivity index (χ4v) is 2.23. The predicted molar refractivity (Wildman–Crippen MR) is 79.8 cm³/mol. The summed E-state index contributed by atoms with van der Waals surface area (Å²) in [6.07, 6.45) is 0. The van der Waals surface area contributed by atoms with Crippen molar-refractivity contribution in [2.45, 2.75) is 19.5 Å². The lowest BCUT2D eigenvalue weighted by atomic mass is 10.1. The average Bonchev–Trinajstić information content (AvgIpc) is 2.41. The number of ether oxygens (including phenoxy) is 2. The predicted octanol–water partition coefficient (Wildman–Crippen LogP) is 1.89. The maximum absolute atomic E-state index is 5.29. The summed E-state index contributed by atoms with van der Waals surface area (Å²) in [5.41, 5.74) is 2.54. The standard InChI is InChI=1S/C15H26N2O2/c1-13(12-19-4)17(9-10-18-3)15-8-6-5-7-14(15)11-16-2/h5-8,13,16H,9-12H2,1-4H3. The van der Waals surface area contributed by atoms with Gasteiger partial charge in [-0.25, -0.2) is 0 Å². The van der Waals surface area contributed by atoms with Crippen LogP contribution in [-0.2, 0) is 16.0 Å². The highest BCUT2D eigenvalue weighted by molar-refractivity contribution is 5.54. The van der Waals surface area contributed by atoms with Crippen molar-refractivity contribution in [3.63, 3.8) is 0 Å². The summed E-state index contributed by atoms with van der Waals surface area (Å²) in [5, 5.41) is 3.22. The Labute approximate surface area is 116 Å². The van der Waals surface area contributed by atoms with Gasteiger partial charge in [0, 0.05) is 39.0 Å². The number of nitrogens with one attached hydrogen (secondary N) is 1. The Morgan fingerprint density at radius 2 is 1.95 bits per heavy atom. The minimum Gasteiger partial charge on any atom is -0.383 e. The molecule has 1 unspecified atom stereocenters. The molecule has 0 radical (unpaired) electrons. The number of para-hydroxylation sites is 1. The van der Waals surface area contributed by atoms with E-state index in [-0.39, 0.29) is 0 Å². The first-order chi connectivity index (χ1) is 9.24. The Bertz CT molecular complexity index is 358. The highest BCUT2D eigenvalue weighted by Gasteiger charge is 2.16. The van der Waals surface area contributed by atoms with Gasteiger partial charge in [-0.2, -0.15) is 0 Å². The summed E-state index contributed by atoms with van der Waals surface area (Å²) in [7, 11) is 5.44. The van der Waals surface area contributed by atoms with Crippen LogP contribution in [0, 0.1) is 0 Å². The van der Waals surface area contributed by atoms with Gasteiger partial charge in [0.25, 0.3) is 0 Å². The molecular weight excluding hydrogens is 240 g/mol. The number of rotatable bonds is 9. The first kappa shape index (κ1) is 16.0. The van der Waals surface area contributed by atoms with Crippen molar-refractivity contribution in [3.05, 3.63) is 29.8 Å². The number of methoxy groups -OCH3 is 2. The van der Waals surface area contributed by atoms with Crippen LogP contribution in [0.1, 0.15) is 12.5 Å². The van der Waals surface area contributed by atoms with Crippen LogP contribution in [0.2, 0.25) is 0 Å². The van der Waals surface area contributed by atoms with Crippen molar-refractivity contribution in [2.24, 2.45) is 0 Å². The van der Waals surface area contributed by atoms with Gasteiger partial charge in [-0.3, -0.25) is 0 Å². The van der Waals surface area contributed by atoms with Crippen LogP contribution in [0.5, 0.6) is 0 Å². The second-order valence-electron chi connectivity index (χ2n) is 4.65. The minimum absolute atomic E-state index is 0.318. The normalized spacial score (nSPS) is 12.4. The van der Waals surface area contributed by atoms with Crippen LogP contribution in [0.3, 0.4) is 0 Å². The smallest absolute Gasteiger partial charge is 0.0663 e. The first-order valence-corrected chi connectivity index (χ1v) is 6.71. The Hall–Kier alpha value is -1.10. The Morgan fingerprint density at radius 1 is 1.21 bits per heavy atom. The van der Waals surface area contributed by atoms with Crippen molar-refractivity contribution >= 4 is 5.69 Å². The van der Waals surface area contributed by atoms with Gasteiger partial charge in [0.15, 0.2) is 0 Å². The van der Waals surface area contributed by atoms with Crippen molar-refractivity contribution in [3.8, 4) is 0 Å². The fourth-order valence-electron chi connectivity index (χ4n) is 2.23. The minimum atomic E-state index is 0.318. The van der Waals surface area contributed by atoms with Crippen LogP contribution in [0.4, 0.5) is 5.69 Å². The topological polar surface area (TPSA) is 33.7 Å². The summed E-state index contributed by atoms with van der Waals surface area (Å²) >= 11 is 0. The maximum Gasteiger partial charge on any atom is 0.0663 e. The molecule has 19 heavy (non-hydrogen) atoms. The SMILES string of the molecule is CNCc1ccccc1N(CCOC)C(C)COC. The molecular formula is C15H26N2O2. The van der Waals surface area contributed by atoms with Crippen molar-refractivity contribution in [2.75, 3.05) is 45.9 Å². The molecule has 4 heteroatoms. The summed E-state index contributed by atoms with van der Waals surface area (Å²) in [5.74, 6) is 0. The molecule has 0 heterocycles. The van der Waals surface area contributed by atoms with Gasteiger partial charge in [-0.15, -0.1) is 0 Å². The summed E-state index contributed by atoms with van der Waals surface area (Å²) < 4.78 is 10.5. The van der Waals surface area contributed by atoms with Crippen LogP contribution < -0.4 is 10.2 Å². The second kappa shape index (κ2) is 8.91. The van der Waals surface area contributed by atoms with Gasteiger partial charge in [-0.1, -0.05) is 18.2 Å². The number of hydrogen-bond donors (Lipinski definition) is 1. The lowest BCUT2D eigenvalue weighted by Crippen LogP contribution is -2.39. The molecule has 4 nitrogen and oxygen atoms in total. The molecule has 1 aromatic carbocycles. The van der Waals surface area contributed by atoms with Crippen LogP contribution in [0.25, 0.3) is 0 Å². The van der Waals surface area contributed by atoms with E-state index in [9.17, 15) is 0 Å². The lowest BCUT2D eigenvalue weighted by molar-refractivity contribution is 0.171. The summed E-state index contributed by atoms with van der Waals surface area (Å²) in [6.45, 7) is 5.32. The highest BCUT2D eigenvalue weighted by atomic mass is 16.5. The molecule has 0 saturated carbocycles. The largest absolute Gasteiger partial charge is 0.383 e. The van der Waals surface area contributed by atoms with Crippen molar-refractivity contribution in [1.82, 2.24) is 5.32 Å². The Balaban J connectivity index is 2.94. The van der Waals surface area contributed by atoms with Gasteiger partial charge >= 0.3 is 0 Å². The van der Waals surface area contributed by atoms with Gasteiger partial charge in [-0.05, 0) is 25.6 Å². The molecule has 0 amide bonds. The number of nitrogens with zero attached hydrogens (tertiary/aromatic N) is 1. The average molecular weight is 266 g/mol. The van der Waals surface area contributed by atoms with Gasteiger partial charge in [0.05, 0.1) is 13.2 Å². The summed E-state index contributed by atoms with van der Waals surface area (Å²) in [4.78, 5) is 2.35. The molecule has 0 aliphatic heterocycles. The van der Waals surface area contributed by atoms with Gasteiger partial charge in [0.2, 0.25) is 0 Å². The van der Waals surface area contributed by atoms with E-state index in [1.54, 1.807) is 14.2 Å². The fraction of sp³-hybridized carbons (Fsp3) is 0.600. The molecule has 0 saturated heterocycles. The van der Waals surface area contributed by atoms with Crippen LogP contribution in [-0.4, -0.2) is 47.1 Å². The van der Waals surface area contributed by atoms with E-state index < -0.39 is 0 Å². The third-order valence-electron chi connectivity index (χ3n) is 3.14. The number of benzene rings is 1. The van der Waals surface area contributed by atoms with E-state index in [0.717, 1.165) is 13.1 Å². The second-order valence-corrected chi connectivity index (χ2v) is 4.65. The number of hydrogen-bond acceptors (Lipinski definition) is 4. The van der Waals surface area contributed by atoms with E-state index in [2.05, 4.69) is 41.4 Å². The molecule has 0 aliphatic carbocycles. The zero-order valence-electron chi connectivity index (χ0n) is 12.5. The molecule has 1 aromatic rings. The van der Waals surface area contributed by atoms with E-state index in [4.69, 9.17) is 9.47 Å². The zero-order valence-corrected chi connectivity index (χ0v) is 12.5. The maximum atomic E-state index is 5.29. The molecule has 0 fully saturated rings. The van der Waals surface area contributed by atoms with Crippen molar-refractivity contribution < 1.29 is 9.47 Å². The zero-order chi connectivity index (χ0) is 14.1. The van der Waals surface area contributed by atoms with Crippen LogP contribution in [0.15, 0.2) is 24.3 Å². The Morgan fingerprint density at radius 3 is 2.58 bits per heavy atom. The van der Waals surface area contributed by atoms with E-state index in [1.165, 1.54) is 11.3 Å². The molecule has 0 spiro atoms. The first-order valence-electron chi connectivity index (χ1n) is 6.71. The molecule has 1 atom stereocenters. The highest BCUT2D eigenvalue weighted by Crippen LogP contribution is 2.22. The van der Waals surface area contributed by atoms with E-state index in [0.29, 0.717) is 19.3 Å². The van der Waals surface area contributed by atoms with Crippen LogP contribution >= 0.6 is 0 Å². The quantitative estimate of drug-likeness (QED) is 0.740. The molecule has 1 rings (SSSR count). The van der Waals surface area contributed by atoms with Gasteiger partial charge in [0.1, 0.15) is 0 Å².